The average molecular weight is 380 g/mol. The molecule has 28 heavy (non-hydrogen) atoms. The molecule has 0 saturated carbocycles. The van der Waals surface area contributed by atoms with Crippen molar-refractivity contribution >= 4 is 17.3 Å². The van der Waals surface area contributed by atoms with Crippen LogP contribution in [0.4, 0.5) is 11.4 Å². The number of carbonyl (C=O) groups excluding carboxylic acids is 1. The second-order valence-corrected chi connectivity index (χ2v) is 7.61. The van der Waals surface area contributed by atoms with Crippen LogP contribution in [0.25, 0.3) is 0 Å². The van der Waals surface area contributed by atoms with E-state index in [0.717, 1.165) is 49.7 Å². The first-order valence-corrected chi connectivity index (χ1v) is 10.3. The Kier molecular flexibility index (Phi) is 5.53. The van der Waals surface area contributed by atoms with Crippen LogP contribution in [0.2, 0.25) is 0 Å². The molecule has 2 aromatic carbocycles. The third-order valence-electron chi connectivity index (χ3n) is 5.71. The average Bonchev–Trinajstić information content (AvgIpc) is 3.05. The van der Waals surface area contributed by atoms with Crippen molar-refractivity contribution in [2.45, 2.75) is 26.3 Å². The smallest absolute Gasteiger partial charge is 0.241 e. The first kappa shape index (κ1) is 18.8. The second-order valence-electron chi connectivity index (χ2n) is 7.61. The first-order chi connectivity index (χ1) is 13.7. The number of para-hydroxylation sites is 3. The van der Waals surface area contributed by atoms with E-state index in [1.165, 1.54) is 5.56 Å². The topological polar surface area (TPSA) is 36.0 Å². The highest BCUT2D eigenvalue weighted by molar-refractivity contribution is 5.97. The summed E-state index contributed by atoms with van der Waals surface area (Å²) in [5, 5.41) is 0. The largest absolute Gasteiger partial charge is 0.492 e. The fraction of sp³-hybridized carbons (Fsp3) is 0.435. The molecule has 1 amide bonds. The summed E-state index contributed by atoms with van der Waals surface area (Å²) in [6.45, 7) is 8.89. The van der Waals surface area contributed by atoms with E-state index in [1.807, 2.05) is 30.0 Å². The molecule has 0 aromatic heterocycles. The van der Waals surface area contributed by atoms with Crippen LogP contribution in [0, 0.1) is 0 Å². The summed E-state index contributed by atoms with van der Waals surface area (Å²) in [5.41, 5.74) is 3.52. The summed E-state index contributed by atoms with van der Waals surface area (Å²) in [4.78, 5) is 19.7. The van der Waals surface area contributed by atoms with E-state index in [4.69, 9.17) is 4.74 Å². The Labute approximate surface area is 167 Å². The molecule has 5 heteroatoms. The highest BCUT2D eigenvalue weighted by Gasteiger charge is 2.32. The van der Waals surface area contributed by atoms with Gasteiger partial charge in [-0.15, -0.1) is 0 Å². The van der Waals surface area contributed by atoms with Crippen LogP contribution in [0.3, 0.4) is 0 Å². The zero-order chi connectivity index (χ0) is 19.5. The van der Waals surface area contributed by atoms with Crippen molar-refractivity contribution in [2.24, 2.45) is 0 Å². The van der Waals surface area contributed by atoms with Gasteiger partial charge in [0.25, 0.3) is 0 Å². The number of amides is 1. The summed E-state index contributed by atoms with van der Waals surface area (Å²) in [5.74, 6) is 1.15. The van der Waals surface area contributed by atoms with E-state index >= 15 is 0 Å². The van der Waals surface area contributed by atoms with Crippen molar-refractivity contribution in [3.05, 3.63) is 54.1 Å². The predicted molar refractivity (Wildman–Crippen MR) is 113 cm³/mol. The number of carbonyl (C=O) groups is 1. The van der Waals surface area contributed by atoms with Crippen molar-refractivity contribution in [1.29, 1.82) is 0 Å². The first-order valence-electron chi connectivity index (χ1n) is 10.3. The molecule has 0 unspecified atom stereocenters. The van der Waals surface area contributed by atoms with Gasteiger partial charge >= 0.3 is 0 Å². The van der Waals surface area contributed by atoms with E-state index in [2.05, 4.69) is 47.1 Å². The maximum Gasteiger partial charge on any atom is 0.241 e. The maximum atomic E-state index is 13.0. The summed E-state index contributed by atoms with van der Waals surface area (Å²) in [7, 11) is 0. The third-order valence-corrected chi connectivity index (χ3v) is 5.71. The Balaban J connectivity index is 1.37. The van der Waals surface area contributed by atoms with Crippen LogP contribution in [-0.2, 0) is 11.2 Å². The number of hydrogen-bond acceptors (Lipinski definition) is 4. The van der Waals surface area contributed by atoms with Crippen LogP contribution < -0.4 is 14.5 Å². The molecular weight excluding hydrogens is 350 g/mol. The van der Waals surface area contributed by atoms with Gasteiger partial charge in [-0.1, -0.05) is 30.3 Å². The minimum absolute atomic E-state index is 0.209. The van der Waals surface area contributed by atoms with Gasteiger partial charge < -0.3 is 14.5 Å². The fourth-order valence-electron chi connectivity index (χ4n) is 4.36. The van der Waals surface area contributed by atoms with Crippen LogP contribution in [0.5, 0.6) is 5.75 Å². The molecule has 0 radical (unpaired) electrons. The highest BCUT2D eigenvalue weighted by atomic mass is 16.5. The van der Waals surface area contributed by atoms with Crippen molar-refractivity contribution in [2.75, 3.05) is 49.1 Å². The van der Waals surface area contributed by atoms with Crippen molar-refractivity contribution in [3.8, 4) is 5.75 Å². The highest BCUT2D eigenvalue weighted by Crippen LogP contribution is 2.32. The van der Waals surface area contributed by atoms with Crippen molar-refractivity contribution in [1.82, 2.24) is 4.90 Å². The van der Waals surface area contributed by atoms with E-state index in [9.17, 15) is 4.79 Å². The molecule has 1 saturated heterocycles. The van der Waals surface area contributed by atoms with Crippen molar-refractivity contribution in [3.63, 3.8) is 0 Å². The number of fused-ring (bicyclic) bond motifs is 1. The number of rotatable bonds is 5. The molecule has 2 heterocycles. The number of nitrogens with zero attached hydrogens (tertiary/aromatic N) is 3. The Morgan fingerprint density at radius 1 is 1.00 bits per heavy atom. The molecule has 5 nitrogen and oxygen atoms in total. The summed E-state index contributed by atoms with van der Waals surface area (Å²) in [6.07, 6.45) is 0.948. The van der Waals surface area contributed by atoms with Crippen LogP contribution in [0.15, 0.2) is 48.5 Å². The molecule has 2 aromatic rings. The minimum atomic E-state index is 0.209. The van der Waals surface area contributed by atoms with Gasteiger partial charge in [0.1, 0.15) is 5.75 Å². The Bertz CT molecular complexity index is 830. The van der Waals surface area contributed by atoms with Gasteiger partial charge in [-0.2, -0.15) is 0 Å². The molecule has 148 valence electrons. The normalized spacial score (nSPS) is 19.6. The maximum absolute atomic E-state index is 13.0. The van der Waals surface area contributed by atoms with Crippen LogP contribution >= 0.6 is 0 Å². The quantitative estimate of drug-likeness (QED) is 0.799. The Morgan fingerprint density at radius 2 is 1.68 bits per heavy atom. The minimum Gasteiger partial charge on any atom is -0.492 e. The molecule has 0 aliphatic carbocycles. The lowest BCUT2D eigenvalue weighted by molar-refractivity contribution is -0.120. The predicted octanol–water partition coefficient (Wildman–Crippen LogP) is 3.19. The lowest BCUT2D eigenvalue weighted by atomic mass is 10.1. The van der Waals surface area contributed by atoms with Gasteiger partial charge in [-0.3, -0.25) is 9.69 Å². The number of hydrogen-bond donors (Lipinski definition) is 0. The van der Waals surface area contributed by atoms with Gasteiger partial charge in [0.15, 0.2) is 0 Å². The standard InChI is InChI=1S/C23H29N3O2/c1-3-28-22-11-7-6-10-21(22)25-14-12-24(13-15-25)17-23(27)26-18(2)16-19-8-4-5-9-20(19)26/h4-11,18H,3,12-17H2,1-2H3/t18-/m0/s1. The van der Waals surface area contributed by atoms with Gasteiger partial charge in [-0.05, 0) is 44.0 Å². The third kappa shape index (κ3) is 3.72. The molecule has 0 bridgehead atoms. The van der Waals surface area contributed by atoms with Gasteiger partial charge in [0.2, 0.25) is 5.91 Å². The van der Waals surface area contributed by atoms with Crippen molar-refractivity contribution < 1.29 is 9.53 Å². The van der Waals surface area contributed by atoms with Crippen LogP contribution in [0.1, 0.15) is 19.4 Å². The molecule has 2 aliphatic heterocycles. The van der Waals surface area contributed by atoms with E-state index in [-0.39, 0.29) is 11.9 Å². The molecule has 0 spiro atoms. The number of ether oxygens (including phenoxy) is 1. The Morgan fingerprint density at radius 3 is 2.43 bits per heavy atom. The number of anilines is 2. The molecule has 4 rings (SSSR count). The molecular formula is C23H29N3O2. The van der Waals surface area contributed by atoms with E-state index < -0.39 is 0 Å². The lowest BCUT2D eigenvalue weighted by Crippen LogP contribution is -2.51. The van der Waals surface area contributed by atoms with Crippen LogP contribution in [-0.4, -0.2) is 56.2 Å². The second kappa shape index (κ2) is 8.23. The number of benzene rings is 2. The zero-order valence-corrected chi connectivity index (χ0v) is 16.8. The zero-order valence-electron chi connectivity index (χ0n) is 16.8. The summed E-state index contributed by atoms with van der Waals surface area (Å²) in [6, 6.07) is 16.7. The Hall–Kier alpha value is -2.53. The lowest BCUT2D eigenvalue weighted by Gasteiger charge is -2.37. The SMILES string of the molecule is CCOc1ccccc1N1CCN(CC(=O)N2c3ccccc3C[C@@H]2C)CC1. The van der Waals surface area contributed by atoms with E-state index in [1.54, 1.807) is 0 Å². The summed E-state index contributed by atoms with van der Waals surface area (Å²) >= 11 is 0. The van der Waals surface area contributed by atoms with E-state index in [0.29, 0.717) is 13.2 Å². The molecule has 1 atom stereocenters. The number of piperazine rings is 1. The molecule has 0 N–H and O–H groups in total. The molecule has 1 fully saturated rings. The molecule has 2 aliphatic rings. The van der Waals surface area contributed by atoms with Gasteiger partial charge in [-0.25, -0.2) is 0 Å². The monoisotopic (exact) mass is 379 g/mol. The van der Waals surface area contributed by atoms with Gasteiger partial charge in [0.05, 0.1) is 18.8 Å². The fourth-order valence-corrected chi connectivity index (χ4v) is 4.36. The van der Waals surface area contributed by atoms with Gasteiger partial charge in [0, 0.05) is 37.9 Å². The summed E-state index contributed by atoms with van der Waals surface area (Å²) < 4.78 is 5.78.